The SMILES string of the molecule is C[C@H](Oc1ccccc1F)C(=O)NNC(=O)CCC(=O)c1cccs1. The van der Waals surface area contributed by atoms with Gasteiger partial charge in [-0.2, -0.15) is 0 Å². The van der Waals surface area contributed by atoms with Crippen LogP contribution in [0, 0.1) is 5.82 Å². The monoisotopic (exact) mass is 364 g/mol. The average molecular weight is 364 g/mol. The molecule has 0 fully saturated rings. The van der Waals surface area contributed by atoms with Crippen LogP contribution in [0.25, 0.3) is 0 Å². The maximum atomic E-state index is 13.5. The summed E-state index contributed by atoms with van der Waals surface area (Å²) in [5.41, 5.74) is 4.39. The lowest BCUT2D eigenvalue weighted by Crippen LogP contribution is -2.47. The van der Waals surface area contributed by atoms with Crippen molar-refractivity contribution in [3.8, 4) is 5.75 Å². The van der Waals surface area contributed by atoms with Crippen molar-refractivity contribution in [3.63, 3.8) is 0 Å². The van der Waals surface area contributed by atoms with Crippen LogP contribution in [0.1, 0.15) is 29.4 Å². The quantitative estimate of drug-likeness (QED) is 0.584. The van der Waals surface area contributed by atoms with Gasteiger partial charge in [0.25, 0.3) is 5.91 Å². The maximum absolute atomic E-state index is 13.5. The molecular formula is C17H17FN2O4S. The highest BCUT2D eigenvalue weighted by Gasteiger charge is 2.17. The third kappa shape index (κ3) is 5.68. The molecule has 0 radical (unpaired) electrons. The molecule has 2 aromatic rings. The Labute approximate surface area is 148 Å². The molecule has 0 aliphatic heterocycles. The van der Waals surface area contributed by atoms with E-state index in [9.17, 15) is 18.8 Å². The molecule has 0 unspecified atom stereocenters. The van der Waals surface area contributed by atoms with Crippen molar-refractivity contribution in [1.82, 2.24) is 10.9 Å². The fourth-order valence-electron chi connectivity index (χ4n) is 1.87. The van der Waals surface area contributed by atoms with Gasteiger partial charge in [0.15, 0.2) is 23.5 Å². The topological polar surface area (TPSA) is 84.5 Å². The average Bonchev–Trinajstić information content (AvgIpc) is 3.14. The van der Waals surface area contributed by atoms with Gasteiger partial charge >= 0.3 is 0 Å². The minimum Gasteiger partial charge on any atom is -0.478 e. The number of ketones is 1. The predicted octanol–water partition coefficient (Wildman–Crippen LogP) is 2.47. The van der Waals surface area contributed by atoms with Crippen LogP contribution in [-0.4, -0.2) is 23.7 Å². The van der Waals surface area contributed by atoms with E-state index in [4.69, 9.17) is 4.74 Å². The van der Waals surface area contributed by atoms with Crippen LogP contribution in [0.3, 0.4) is 0 Å². The molecule has 6 nitrogen and oxygen atoms in total. The number of carbonyl (C=O) groups excluding carboxylic acids is 3. The van der Waals surface area contributed by atoms with Crippen molar-refractivity contribution in [2.75, 3.05) is 0 Å². The summed E-state index contributed by atoms with van der Waals surface area (Å²) < 4.78 is 18.7. The summed E-state index contributed by atoms with van der Waals surface area (Å²) in [6, 6.07) is 9.14. The number of thiophene rings is 1. The zero-order valence-corrected chi connectivity index (χ0v) is 14.3. The Kier molecular flexibility index (Phi) is 6.64. The molecule has 1 aromatic carbocycles. The number of ether oxygens (including phenoxy) is 1. The van der Waals surface area contributed by atoms with Gasteiger partial charge in [0.1, 0.15) is 0 Å². The van der Waals surface area contributed by atoms with Crippen molar-refractivity contribution in [2.24, 2.45) is 0 Å². The van der Waals surface area contributed by atoms with E-state index in [1.807, 2.05) is 0 Å². The Morgan fingerprint density at radius 1 is 1.12 bits per heavy atom. The summed E-state index contributed by atoms with van der Waals surface area (Å²) in [4.78, 5) is 35.9. The van der Waals surface area contributed by atoms with Crippen molar-refractivity contribution < 1.29 is 23.5 Å². The van der Waals surface area contributed by atoms with E-state index in [0.717, 1.165) is 0 Å². The highest BCUT2D eigenvalue weighted by atomic mass is 32.1. The lowest BCUT2D eigenvalue weighted by atomic mass is 10.2. The second kappa shape index (κ2) is 8.93. The first-order valence-electron chi connectivity index (χ1n) is 7.54. The Morgan fingerprint density at radius 3 is 2.56 bits per heavy atom. The van der Waals surface area contributed by atoms with E-state index < -0.39 is 23.7 Å². The first-order chi connectivity index (χ1) is 12.0. The molecule has 1 atom stereocenters. The molecule has 8 heteroatoms. The molecule has 1 heterocycles. The molecule has 0 spiro atoms. The van der Waals surface area contributed by atoms with Gasteiger partial charge in [0.2, 0.25) is 5.91 Å². The number of carbonyl (C=O) groups is 3. The van der Waals surface area contributed by atoms with Gasteiger partial charge < -0.3 is 4.74 Å². The summed E-state index contributed by atoms with van der Waals surface area (Å²) in [6.45, 7) is 1.42. The van der Waals surface area contributed by atoms with Gasteiger partial charge in [-0.15, -0.1) is 11.3 Å². The van der Waals surface area contributed by atoms with E-state index in [1.54, 1.807) is 23.6 Å². The van der Waals surface area contributed by atoms with Crippen LogP contribution in [0.4, 0.5) is 4.39 Å². The van der Waals surface area contributed by atoms with Gasteiger partial charge in [-0.05, 0) is 30.5 Å². The molecule has 0 aliphatic carbocycles. The van der Waals surface area contributed by atoms with Crippen LogP contribution in [0.5, 0.6) is 5.75 Å². The molecule has 0 saturated carbocycles. The molecule has 0 saturated heterocycles. The fourth-order valence-corrected chi connectivity index (χ4v) is 2.56. The largest absolute Gasteiger partial charge is 0.478 e. The first-order valence-corrected chi connectivity index (χ1v) is 8.42. The number of hydrogen-bond donors (Lipinski definition) is 2. The number of benzene rings is 1. The van der Waals surface area contributed by atoms with Gasteiger partial charge in [-0.3, -0.25) is 25.2 Å². The second-order valence-corrected chi connectivity index (χ2v) is 6.08. The highest BCUT2D eigenvalue weighted by molar-refractivity contribution is 7.12. The molecule has 0 aliphatic rings. The zero-order chi connectivity index (χ0) is 18.2. The summed E-state index contributed by atoms with van der Waals surface area (Å²) in [7, 11) is 0. The molecule has 1 aromatic heterocycles. The van der Waals surface area contributed by atoms with E-state index in [1.165, 1.54) is 36.5 Å². The van der Waals surface area contributed by atoms with Gasteiger partial charge in [-0.25, -0.2) is 4.39 Å². The molecule has 2 rings (SSSR count). The summed E-state index contributed by atoms with van der Waals surface area (Å²) in [6.07, 6.45) is -1.02. The molecule has 25 heavy (non-hydrogen) atoms. The number of hydrogen-bond acceptors (Lipinski definition) is 5. The molecule has 0 bridgehead atoms. The molecule has 2 N–H and O–H groups in total. The predicted molar refractivity (Wildman–Crippen MR) is 90.7 cm³/mol. The van der Waals surface area contributed by atoms with Gasteiger partial charge in [-0.1, -0.05) is 18.2 Å². The third-order valence-corrected chi connectivity index (χ3v) is 4.12. The number of halogens is 1. The Bertz CT molecular complexity index is 749. The number of Topliss-reactive ketones (excluding diaryl/α,β-unsaturated/α-hetero) is 1. The first kappa shape index (κ1) is 18.6. The van der Waals surface area contributed by atoms with E-state index in [-0.39, 0.29) is 24.4 Å². The number of nitrogens with one attached hydrogen (secondary N) is 2. The Hall–Kier alpha value is -2.74. The zero-order valence-electron chi connectivity index (χ0n) is 13.5. The maximum Gasteiger partial charge on any atom is 0.279 e. The van der Waals surface area contributed by atoms with Crippen LogP contribution in [0.15, 0.2) is 41.8 Å². The summed E-state index contributed by atoms with van der Waals surface area (Å²) >= 11 is 1.31. The van der Waals surface area contributed by atoms with Gasteiger partial charge in [0, 0.05) is 12.8 Å². The second-order valence-electron chi connectivity index (χ2n) is 5.13. The molecule has 132 valence electrons. The molecular weight excluding hydrogens is 347 g/mol. The number of amides is 2. The van der Waals surface area contributed by atoms with E-state index in [0.29, 0.717) is 4.88 Å². The summed E-state index contributed by atoms with van der Waals surface area (Å²) in [5, 5.41) is 1.78. The smallest absolute Gasteiger partial charge is 0.279 e. The normalized spacial score (nSPS) is 11.4. The van der Waals surface area contributed by atoms with Gasteiger partial charge in [0.05, 0.1) is 4.88 Å². The highest BCUT2D eigenvalue weighted by Crippen LogP contribution is 2.17. The van der Waals surface area contributed by atoms with Crippen molar-refractivity contribution in [3.05, 3.63) is 52.5 Å². The third-order valence-electron chi connectivity index (χ3n) is 3.21. The van der Waals surface area contributed by atoms with Crippen LogP contribution < -0.4 is 15.6 Å². The number of rotatable bonds is 7. The Morgan fingerprint density at radius 2 is 1.88 bits per heavy atom. The van der Waals surface area contributed by atoms with Crippen molar-refractivity contribution >= 4 is 28.9 Å². The lowest BCUT2D eigenvalue weighted by Gasteiger charge is -2.15. The summed E-state index contributed by atoms with van der Waals surface area (Å²) in [5.74, 6) is -1.92. The number of para-hydroxylation sites is 1. The van der Waals surface area contributed by atoms with Crippen LogP contribution >= 0.6 is 11.3 Å². The van der Waals surface area contributed by atoms with Crippen LogP contribution in [-0.2, 0) is 9.59 Å². The number of hydrazine groups is 1. The van der Waals surface area contributed by atoms with Crippen molar-refractivity contribution in [1.29, 1.82) is 0 Å². The Balaban J connectivity index is 1.72. The van der Waals surface area contributed by atoms with E-state index >= 15 is 0 Å². The minimum absolute atomic E-state index is 0.0451. The van der Waals surface area contributed by atoms with Crippen LogP contribution in [0.2, 0.25) is 0 Å². The fraction of sp³-hybridized carbons (Fsp3) is 0.235. The van der Waals surface area contributed by atoms with Crippen molar-refractivity contribution in [2.45, 2.75) is 25.9 Å². The standard InChI is InChI=1S/C17H17FN2O4S/c1-11(24-14-6-3-2-5-12(14)18)17(23)20-19-16(22)9-8-13(21)15-7-4-10-25-15/h2-7,10-11H,8-9H2,1H3,(H,19,22)(H,20,23)/t11-/m0/s1. The van der Waals surface area contributed by atoms with E-state index in [2.05, 4.69) is 10.9 Å². The lowest BCUT2D eigenvalue weighted by molar-refractivity contribution is -0.132. The molecule has 2 amide bonds. The minimum atomic E-state index is -1.01.